The van der Waals surface area contributed by atoms with E-state index in [0.717, 1.165) is 16.1 Å². The monoisotopic (exact) mass is 465 g/mol. The van der Waals surface area contributed by atoms with Gasteiger partial charge in [0.05, 0.1) is 17.7 Å². The van der Waals surface area contributed by atoms with Gasteiger partial charge >= 0.3 is 6.18 Å². The van der Waals surface area contributed by atoms with Crippen molar-refractivity contribution in [2.24, 2.45) is 0 Å². The molecule has 0 radical (unpaired) electrons. The van der Waals surface area contributed by atoms with Gasteiger partial charge in [-0.1, -0.05) is 12.1 Å². The summed E-state index contributed by atoms with van der Waals surface area (Å²) >= 11 is 3.53. The number of benzene rings is 2. The molecule has 0 unspecified atom stereocenters. The van der Waals surface area contributed by atoms with Crippen LogP contribution in [-0.2, 0) is 12.8 Å². The Balaban J connectivity index is 1.49. The van der Waals surface area contributed by atoms with Crippen LogP contribution in [0.1, 0.15) is 5.56 Å². The van der Waals surface area contributed by atoms with Gasteiger partial charge in [0.25, 0.3) is 0 Å². The first-order valence-electron chi connectivity index (χ1n) is 9.25. The Hall–Kier alpha value is -2.32. The van der Waals surface area contributed by atoms with Crippen LogP contribution in [0.5, 0.6) is 0 Å². The van der Waals surface area contributed by atoms with Gasteiger partial charge in [-0.25, -0.2) is 0 Å². The summed E-state index contributed by atoms with van der Waals surface area (Å²) in [7, 11) is 0. The third-order valence-corrected chi connectivity index (χ3v) is 5.85. The molecule has 1 aliphatic heterocycles. The van der Waals surface area contributed by atoms with Crippen LogP contribution in [0.4, 0.5) is 18.9 Å². The lowest BCUT2D eigenvalue weighted by Crippen LogP contribution is -2.46. The summed E-state index contributed by atoms with van der Waals surface area (Å²) in [5, 5.41) is 0.657. The maximum absolute atomic E-state index is 13.0. The van der Waals surface area contributed by atoms with E-state index in [1.165, 1.54) is 12.1 Å². The number of piperazine rings is 1. The molecule has 3 aromatic rings. The molecule has 1 aromatic heterocycles. The predicted octanol–water partition coefficient (Wildman–Crippen LogP) is 4.56. The number of pyridine rings is 1. The highest BCUT2D eigenvalue weighted by Crippen LogP contribution is 2.32. The molecule has 4 nitrogen and oxygen atoms in total. The number of hydrogen-bond acceptors (Lipinski definition) is 3. The maximum atomic E-state index is 13.0. The van der Waals surface area contributed by atoms with Crippen molar-refractivity contribution in [3.8, 4) is 0 Å². The Kier molecular flexibility index (Phi) is 5.40. The van der Waals surface area contributed by atoms with Crippen molar-refractivity contribution in [1.82, 2.24) is 9.47 Å². The second kappa shape index (κ2) is 7.84. The fourth-order valence-corrected chi connectivity index (χ4v) is 4.28. The van der Waals surface area contributed by atoms with Crippen LogP contribution >= 0.6 is 15.9 Å². The quantitative estimate of drug-likeness (QED) is 0.567. The molecule has 0 N–H and O–H groups in total. The molecule has 0 amide bonds. The maximum Gasteiger partial charge on any atom is 0.416 e. The Bertz CT molecular complexity index is 1090. The molecule has 1 aliphatic rings. The van der Waals surface area contributed by atoms with Gasteiger partial charge in [-0.05, 0) is 46.3 Å². The fourth-order valence-electron chi connectivity index (χ4n) is 3.69. The number of halogens is 4. The van der Waals surface area contributed by atoms with E-state index in [0.29, 0.717) is 43.9 Å². The fraction of sp³-hybridized carbons (Fsp3) is 0.286. The molecule has 4 rings (SSSR count). The van der Waals surface area contributed by atoms with Crippen LogP contribution in [0.3, 0.4) is 0 Å². The Labute approximate surface area is 174 Å². The molecule has 1 fully saturated rings. The van der Waals surface area contributed by atoms with E-state index in [1.807, 2.05) is 27.7 Å². The number of nitrogens with zero attached hydrogens (tertiary/aromatic N) is 3. The largest absolute Gasteiger partial charge is 0.416 e. The van der Waals surface area contributed by atoms with E-state index in [1.54, 1.807) is 18.3 Å². The van der Waals surface area contributed by atoms with Crippen LogP contribution in [0, 0.1) is 0 Å². The number of rotatable bonds is 3. The van der Waals surface area contributed by atoms with Crippen LogP contribution < -0.4 is 10.3 Å². The standard InChI is InChI=1S/C21H19BrF3N3O/c22-18-6-2-5-17-19(29)7-8-28(20(17)18)14-26-9-11-27(12-10-26)16-4-1-3-15(13-16)21(23,24)25/h1-8,13H,9-12,14H2. The normalized spacial score (nSPS) is 15.8. The van der Waals surface area contributed by atoms with E-state index in [2.05, 4.69) is 20.8 Å². The zero-order valence-electron chi connectivity index (χ0n) is 15.5. The van der Waals surface area contributed by atoms with E-state index >= 15 is 0 Å². The lowest BCUT2D eigenvalue weighted by molar-refractivity contribution is -0.137. The number of alkyl halides is 3. The van der Waals surface area contributed by atoms with Gasteiger partial charge in [0.15, 0.2) is 5.43 Å². The molecule has 0 bridgehead atoms. The van der Waals surface area contributed by atoms with Crippen LogP contribution in [0.15, 0.2) is 64.0 Å². The number of anilines is 1. The van der Waals surface area contributed by atoms with Crippen LogP contribution in [0.2, 0.25) is 0 Å². The molecule has 0 spiro atoms. The second-order valence-electron chi connectivity index (χ2n) is 7.08. The van der Waals surface area contributed by atoms with E-state index < -0.39 is 11.7 Å². The van der Waals surface area contributed by atoms with E-state index in [4.69, 9.17) is 0 Å². The summed E-state index contributed by atoms with van der Waals surface area (Å²) in [5.41, 5.74) is 0.797. The molecule has 2 heterocycles. The van der Waals surface area contributed by atoms with Gasteiger partial charge in [-0.2, -0.15) is 13.2 Å². The third-order valence-electron chi connectivity index (χ3n) is 5.21. The molecule has 1 saturated heterocycles. The summed E-state index contributed by atoms with van der Waals surface area (Å²) < 4.78 is 41.8. The number of para-hydroxylation sites is 1. The molecule has 0 saturated carbocycles. The first-order valence-corrected chi connectivity index (χ1v) is 10.0. The Morgan fingerprint density at radius 2 is 1.69 bits per heavy atom. The smallest absolute Gasteiger partial charge is 0.369 e. The highest BCUT2D eigenvalue weighted by atomic mass is 79.9. The van der Waals surface area contributed by atoms with Crippen molar-refractivity contribution in [3.05, 3.63) is 75.0 Å². The zero-order valence-corrected chi connectivity index (χ0v) is 17.1. The molecular formula is C21H19BrF3N3O. The SMILES string of the molecule is O=c1ccn(CN2CCN(c3cccc(C(F)(F)F)c3)CC2)c2c(Br)cccc12. The molecule has 0 atom stereocenters. The number of hydrogen-bond donors (Lipinski definition) is 0. The number of fused-ring (bicyclic) bond motifs is 1. The van der Waals surface area contributed by atoms with Gasteiger partial charge in [-0.15, -0.1) is 0 Å². The molecule has 8 heteroatoms. The summed E-state index contributed by atoms with van der Waals surface area (Å²) in [6.07, 6.45) is -2.55. The summed E-state index contributed by atoms with van der Waals surface area (Å²) in [6.45, 7) is 3.32. The summed E-state index contributed by atoms with van der Waals surface area (Å²) in [4.78, 5) is 16.3. The highest BCUT2D eigenvalue weighted by Gasteiger charge is 2.31. The lowest BCUT2D eigenvalue weighted by Gasteiger charge is -2.36. The molecule has 152 valence electrons. The van der Waals surface area contributed by atoms with Crippen molar-refractivity contribution >= 4 is 32.5 Å². The van der Waals surface area contributed by atoms with E-state index in [9.17, 15) is 18.0 Å². The Morgan fingerprint density at radius 1 is 0.966 bits per heavy atom. The topological polar surface area (TPSA) is 28.5 Å². The van der Waals surface area contributed by atoms with Gasteiger partial charge in [0.1, 0.15) is 0 Å². The minimum absolute atomic E-state index is 0.0214. The van der Waals surface area contributed by atoms with E-state index in [-0.39, 0.29) is 5.43 Å². The number of aromatic nitrogens is 1. The first-order chi connectivity index (χ1) is 13.8. The first kappa shape index (κ1) is 20.0. The molecule has 29 heavy (non-hydrogen) atoms. The zero-order chi connectivity index (χ0) is 20.6. The van der Waals surface area contributed by atoms with Gasteiger partial charge < -0.3 is 9.47 Å². The van der Waals surface area contributed by atoms with Gasteiger partial charge in [-0.3, -0.25) is 9.69 Å². The second-order valence-corrected chi connectivity index (χ2v) is 7.93. The van der Waals surface area contributed by atoms with Crippen molar-refractivity contribution in [1.29, 1.82) is 0 Å². The third kappa shape index (κ3) is 4.18. The van der Waals surface area contributed by atoms with Gasteiger partial charge in [0.2, 0.25) is 0 Å². The minimum atomic E-state index is -4.34. The van der Waals surface area contributed by atoms with Gasteiger partial charge in [0, 0.05) is 54.0 Å². The van der Waals surface area contributed by atoms with Crippen molar-refractivity contribution < 1.29 is 13.2 Å². The molecule has 2 aromatic carbocycles. The van der Waals surface area contributed by atoms with Crippen molar-refractivity contribution in [2.45, 2.75) is 12.8 Å². The Morgan fingerprint density at radius 3 is 2.41 bits per heavy atom. The molecular weight excluding hydrogens is 447 g/mol. The molecule has 0 aliphatic carbocycles. The summed E-state index contributed by atoms with van der Waals surface area (Å²) in [5.74, 6) is 0. The average Bonchev–Trinajstić information content (AvgIpc) is 2.70. The average molecular weight is 466 g/mol. The van der Waals surface area contributed by atoms with Crippen molar-refractivity contribution in [2.75, 3.05) is 31.1 Å². The van der Waals surface area contributed by atoms with Crippen LogP contribution in [-0.4, -0.2) is 35.6 Å². The predicted molar refractivity (Wildman–Crippen MR) is 111 cm³/mol. The minimum Gasteiger partial charge on any atom is -0.369 e. The highest BCUT2D eigenvalue weighted by molar-refractivity contribution is 9.10. The lowest BCUT2D eigenvalue weighted by atomic mass is 10.1. The summed E-state index contributed by atoms with van der Waals surface area (Å²) in [6, 6.07) is 12.6. The van der Waals surface area contributed by atoms with Crippen LogP contribution in [0.25, 0.3) is 10.9 Å². The van der Waals surface area contributed by atoms with Crippen molar-refractivity contribution in [3.63, 3.8) is 0 Å².